The third-order valence-corrected chi connectivity index (χ3v) is 2.23. The van der Waals surface area contributed by atoms with Crippen LogP contribution in [0.2, 0.25) is 0 Å². The normalized spacial score (nSPS) is 10.5. The van der Waals surface area contributed by atoms with E-state index in [1.54, 1.807) is 12.4 Å². The first-order valence-electron chi connectivity index (χ1n) is 5.50. The van der Waals surface area contributed by atoms with Crippen molar-refractivity contribution in [3.63, 3.8) is 0 Å². The number of nitrogens with two attached hydrogens (primary N) is 1. The van der Waals surface area contributed by atoms with E-state index in [0.29, 0.717) is 11.5 Å². The highest BCUT2D eigenvalue weighted by Crippen LogP contribution is 2.24. The fourth-order valence-corrected chi connectivity index (χ4v) is 1.53. The molecule has 0 aliphatic heterocycles. The van der Waals surface area contributed by atoms with Crippen molar-refractivity contribution in [3.8, 4) is 17.0 Å². The smallest absolute Gasteiger partial charge is 0.149 e. The maximum atomic E-state index is 5.77. The third kappa shape index (κ3) is 2.72. The van der Waals surface area contributed by atoms with Crippen molar-refractivity contribution in [2.75, 3.05) is 5.73 Å². The number of hydrogen-bond donors (Lipinski definition) is 1. The molecule has 0 saturated carbocycles. The number of ether oxygens (including phenoxy) is 1. The highest BCUT2D eigenvalue weighted by atomic mass is 16.5. The summed E-state index contributed by atoms with van der Waals surface area (Å²) in [5.74, 6) is 1.27. The molecule has 0 bridgehead atoms. The summed E-state index contributed by atoms with van der Waals surface area (Å²) < 4.78 is 5.57. The molecular formula is C13H15N3O. The van der Waals surface area contributed by atoms with Gasteiger partial charge < -0.3 is 10.5 Å². The fraction of sp³-hybridized carbons (Fsp3) is 0.231. The molecule has 2 aromatic rings. The molecule has 88 valence electrons. The van der Waals surface area contributed by atoms with Crippen molar-refractivity contribution >= 4 is 5.82 Å². The third-order valence-electron chi connectivity index (χ3n) is 2.23. The first kappa shape index (κ1) is 11.4. The van der Waals surface area contributed by atoms with Crippen molar-refractivity contribution in [3.05, 3.63) is 36.7 Å². The molecule has 0 unspecified atom stereocenters. The van der Waals surface area contributed by atoms with Crippen molar-refractivity contribution in [1.82, 2.24) is 9.97 Å². The van der Waals surface area contributed by atoms with Gasteiger partial charge in [-0.05, 0) is 38.1 Å². The van der Waals surface area contributed by atoms with Crippen LogP contribution in [0.1, 0.15) is 13.8 Å². The summed E-state index contributed by atoms with van der Waals surface area (Å²) in [5.41, 5.74) is 7.40. The molecule has 1 aromatic heterocycles. The minimum atomic E-state index is 0.169. The Bertz CT molecular complexity index is 494. The monoisotopic (exact) mass is 229 g/mol. The standard InChI is InChI=1S/C13H15N3O/c1-9(2)17-11-5-3-10(4-6-11)12-13(14)16-8-7-15-12/h3-9H,1-2H3,(H2,14,16). The van der Waals surface area contributed by atoms with E-state index in [1.807, 2.05) is 38.1 Å². The van der Waals surface area contributed by atoms with Gasteiger partial charge in [0, 0.05) is 18.0 Å². The quantitative estimate of drug-likeness (QED) is 0.878. The second kappa shape index (κ2) is 4.82. The van der Waals surface area contributed by atoms with Crippen LogP contribution in [-0.4, -0.2) is 16.1 Å². The molecule has 0 aliphatic rings. The van der Waals surface area contributed by atoms with Gasteiger partial charge in [0.1, 0.15) is 17.3 Å². The molecular weight excluding hydrogens is 214 g/mol. The zero-order valence-corrected chi connectivity index (χ0v) is 9.92. The molecule has 4 nitrogen and oxygen atoms in total. The van der Waals surface area contributed by atoms with E-state index in [0.717, 1.165) is 11.3 Å². The van der Waals surface area contributed by atoms with Crippen LogP contribution in [0.15, 0.2) is 36.7 Å². The fourth-order valence-electron chi connectivity index (χ4n) is 1.53. The zero-order chi connectivity index (χ0) is 12.3. The Labute approximate surface area is 100 Å². The van der Waals surface area contributed by atoms with Crippen molar-refractivity contribution in [2.45, 2.75) is 20.0 Å². The lowest BCUT2D eigenvalue weighted by Crippen LogP contribution is -2.05. The summed E-state index contributed by atoms with van der Waals surface area (Å²) in [6.07, 6.45) is 3.38. The van der Waals surface area contributed by atoms with Crippen LogP contribution in [0.5, 0.6) is 5.75 Å². The molecule has 1 aromatic carbocycles. The van der Waals surface area contributed by atoms with Gasteiger partial charge in [-0.3, -0.25) is 4.98 Å². The largest absolute Gasteiger partial charge is 0.491 e. The molecule has 2 rings (SSSR count). The second-order valence-electron chi connectivity index (χ2n) is 3.98. The summed E-state index contributed by atoms with van der Waals surface area (Å²) in [4.78, 5) is 8.22. The number of aromatic nitrogens is 2. The predicted molar refractivity (Wildman–Crippen MR) is 67.6 cm³/mol. The number of nitrogens with zero attached hydrogens (tertiary/aromatic N) is 2. The molecule has 0 fully saturated rings. The van der Waals surface area contributed by atoms with E-state index in [2.05, 4.69) is 9.97 Å². The number of anilines is 1. The van der Waals surface area contributed by atoms with E-state index in [-0.39, 0.29) is 6.10 Å². The van der Waals surface area contributed by atoms with Gasteiger partial charge in [-0.1, -0.05) is 0 Å². The zero-order valence-electron chi connectivity index (χ0n) is 9.92. The Morgan fingerprint density at radius 2 is 1.71 bits per heavy atom. The molecule has 0 atom stereocenters. The summed E-state index contributed by atoms with van der Waals surface area (Å²) in [6, 6.07) is 7.67. The van der Waals surface area contributed by atoms with Gasteiger partial charge in [-0.2, -0.15) is 0 Å². The summed E-state index contributed by atoms with van der Waals surface area (Å²) in [7, 11) is 0. The van der Waals surface area contributed by atoms with Crippen molar-refractivity contribution in [2.24, 2.45) is 0 Å². The van der Waals surface area contributed by atoms with Gasteiger partial charge >= 0.3 is 0 Å². The Hall–Kier alpha value is -2.10. The average Bonchev–Trinajstić information content (AvgIpc) is 2.30. The lowest BCUT2D eigenvalue weighted by atomic mass is 10.1. The lowest BCUT2D eigenvalue weighted by molar-refractivity contribution is 0.242. The van der Waals surface area contributed by atoms with Crippen LogP contribution in [-0.2, 0) is 0 Å². The molecule has 0 saturated heterocycles. The highest BCUT2D eigenvalue weighted by Gasteiger charge is 2.05. The van der Waals surface area contributed by atoms with Crippen LogP contribution in [0.25, 0.3) is 11.3 Å². The molecule has 2 N–H and O–H groups in total. The first-order valence-corrected chi connectivity index (χ1v) is 5.50. The van der Waals surface area contributed by atoms with Gasteiger partial charge in [-0.15, -0.1) is 0 Å². The molecule has 0 amide bonds. The number of rotatable bonds is 3. The van der Waals surface area contributed by atoms with Crippen LogP contribution in [0, 0.1) is 0 Å². The Morgan fingerprint density at radius 3 is 2.29 bits per heavy atom. The summed E-state index contributed by atoms with van der Waals surface area (Å²) in [6.45, 7) is 3.99. The molecule has 1 heterocycles. The maximum absolute atomic E-state index is 5.77. The van der Waals surface area contributed by atoms with Gasteiger partial charge in [0.2, 0.25) is 0 Å². The van der Waals surface area contributed by atoms with Crippen LogP contribution in [0.3, 0.4) is 0 Å². The number of hydrogen-bond acceptors (Lipinski definition) is 4. The van der Waals surface area contributed by atoms with E-state index < -0.39 is 0 Å². The van der Waals surface area contributed by atoms with E-state index in [9.17, 15) is 0 Å². The summed E-state index contributed by atoms with van der Waals surface area (Å²) in [5, 5.41) is 0. The minimum absolute atomic E-state index is 0.169. The lowest BCUT2D eigenvalue weighted by Gasteiger charge is -2.10. The predicted octanol–water partition coefficient (Wildman–Crippen LogP) is 2.51. The Kier molecular flexibility index (Phi) is 3.23. The molecule has 17 heavy (non-hydrogen) atoms. The maximum Gasteiger partial charge on any atom is 0.149 e. The van der Waals surface area contributed by atoms with Crippen LogP contribution >= 0.6 is 0 Å². The molecule has 4 heteroatoms. The van der Waals surface area contributed by atoms with E-state index >= 15 is 0 Å². The molecule has 0 spiro atoms. The van der Waals surface area contributed by atoms with E-state index in [1.165, 1.54) is 0 Å². The SMILES string of the molecule is CC(C)Oc1ccc(-c2nccnc2N)cc1. The highest BCUT2D eigenvalue weighted by molar-refractivity contribution is 5.69. The minimum Gasteiger partial charge on any atom is -0.491 e. The molecule has 0 aliphatic carbocycles. The van der Waals surface area contributed by atoms with Gasteiger partial charge in [0.05, 0.1) is 6.10 Å². The number of benzene rings is 1. The van der Waals surface area contributed by atoms with Gasteiger partial charge in [0.25, 0.3) is 0 Å². The first-order chi connectivity index (χ1) is 8.16. The van der Waals surface area contributed by atoms with Crippen molar-refractivity contribution < 1.29 is 4.74 Å². The molecule has 0 radical (unpaired) electrons. The average molecular weight is 229 g/mol. The van der Waals surface area contributed by atoms with Crippen LogP contribution < -0.4 is 10.5 Å². The van der Waals surface area contributed by atoms with Crippen LogP contribution in [0.4, 0.5) is 5.82 Å². The van der Waals surface area contributed by atoms with Gasteiger partial charge in [0.15, 0.2) is 0 Å². The second-order valence-corrected chi connectivity index (χ2v) is 3.98. The van der Waals surface area contributed by atoms with Gasteiger partial charge in [-0.25, -0.2) is 4.98 Å². The Morgan fingerprint density at radius 1 is 1.06 bits per heavy atom. The van der Waals surface area contributed by atoms with E-state index in [4.69, 9.17) is 10.5 Å². The Balaban J connectivity index is 2.27. The summed E-state index contributed by atoms with van der Waals surface area (Å²) >= 11 is 0. The topological polar surface area (TPSA) is 61.0 Å². The van der Waals surface area contributed by atoms with Crippen molar-refractivity contribution in [1.29, 1.82) is 0 Å². The number of nitrogen functional groups attached to an aromatic ring is 1.